The predicted octanol–water partition coefficient (Wildman–Crippen LogP) is 7.72. The van der Waals surface area contributed by atoms with Crippen LogP contribution in [0.15, 0.2) is 95.9 Å². The van der Waals surface area contributed by atoms with E-state index in [9.17, 15) is 18.4 Å². The van der Waals surface area contributed by atoms with Gasteiger partial charge in [0.25, 0.3) is 0 Å². The first-order valence-electron chi connectivity index (χ1n) is 15.6. The van der Waals surface area contributed by atoms with Gasteiger partial charge in [0.15, 0.2) is 0 Å². The van der Waals surface area contributed by atoms with Crippen LogP contribution in [0.1, 0.15) is 64.9 Å². The summed E-state index contributed by atoms with van der Waals surface area (Å²) in [6, 6.07) is 25.7. The van der Waals surface area contributed by atoms with Gasteiger partial charge in [0, 0.05) is 43.0 Å². The van der Waals surface area contributed by atoms with E-state index in [1.165, 1.54) is 24.4 Å². The van der Waals surface area contributed by atoms with E-state index in [4.69, 9.17) is 4.74 Å². The van der Waals surface area contributed by atoms with Gasteiger partial charge in [-0.05, 0) is 73.5 Å². The summed E-state index contributed by atoms with van der Waals surface area (Å²) < 4.78 is 36.6. The van der Waals surface area contributed by atoms with E-state index < -0.39 is 23.0 Å². The molecular formula is C38H39F2N3O3. The summed E-state index contributed by atoms with van der Waals surface area (Å²) in [5.74, 6) is -2.31. The molecule has 0 spiro atoms. The van der Waals surface area contributed by atoms with Crippen LogP contribution in [0, 0.1) is 11.6 Å². The number of esters is 1. The van der Waals surface area contributed by atoms with Gasteiger partial charge in [-0.3, -0.25) is 9.69 Å². The van der Waals surface area contributed by atoms with Crippen LogP contribution in [0.4, 0.5) is 14.5 Å². The molecule has 0 bridgehead atoms. The maximum Gasteiger partial charge on any atom is 0.343 e. The Morgan fingerprint density at radius 3 is 2.24 bits per heavy atom. The summed E-state index contributed by atoms with van der Waals surface area (Å²) in [5.41, 5.74) is 4.51. The molecule has 6 nitrogen and oxygen atoms in total. The Morgan fingerprint density at radius 2 is 1.59 bits per heavy atom. The maximum absolute atomic E-state index is 14.9. The van der Waals surface area contributed by atoms with Gasteiger partial charge in [-0.25, -0.2) is 13.6 Å². The normalized spacial score (nSPS) is 12.0. The first-order chi connectivity index (χ1) is 22.2. The topological polar surface area (TPSA) is 63.6 Å². The monoisotopic (exact) mass is 623 g/mol. The van der Waals surface area contributed by atoms with Crippen molar-refractivity contribution in [1.82, 2.24) is 9.47 Å². The highest BCUT2D eigenvalue weighted by Crippen LogP contribution is 2.33. The van der Waals surface area contributed by atoms with Gasteiger partial charge in [-0.2, -0.15) is 0 Å². The number of hydrogen-bond acceptors (Lipinski definition) is 5. The van der Waals surface area contributed by atoms with Crippen molar-refractivity contribution in [2.45, 2.75) is 46.3 Å². The molecule has 1 atom stereocenters. The van der Waals surface area contributed by atoms with Crippen molar-refractivity contribution in [2.24, 2.45) is 0 Å². The second-order valence-electron chi connectivity index (χ2n) is 11.5. The van der Waals surface area contributed by atoms with Crippen molar-refractivity contribution in [3.63, 3.8) is 0 Å². The van der Waals surface area contributed by atoms with Crippen molar-refractivity contribution in [2.75, 3.05) is 25.5 Å². The molecule has 0 aliphatic rings. The van der Waals surface area contributed by atoms with Gasteiger partial charge in [0.2, 0.25) is 5.43 Å². The van der Waals surface area contributed by atoms with Crippen molar-refractivity contribution in [3.8, 4) is 0 Å². The number of carbonyl (C=O) groups excluding carboxylic acids is 1. The number of benzene rings is 4. The molecule has 0 aliphatic carbocycles. The summed E-state index contributed by atoms with van der Waals surface area (Å²) in [6.45, 7) is 7.47. The Bertz CT molecular complexity index is 1870. The number of aromatic nitrogens is 1. The Balaban J connectivity index is 1.73. The zero-order valence-corrected chi connectivity index (χ0v) is 26.6. The van der Waals surface area contributed by atoms with Crippen molar-refractivity contribution < 1.29 is 18.3 Å². The first kappa shape index (κ1) is 32.6. The second-order valence-corrected chi connectivity index (χ2v) is 11.5. The molecule has 0 aliphatic heterocycles. The molecular weight excluding hydrogens is 584 g/mol. The number of carbonyl (C=O) groups is 1. The van der Waals surface area contributed by atoms with Crippen LogP contribution in [0.25, 0.3) is 10.9 Å². The fourth-order valence-electron chi connectivity index (χ4n) is 5.97. The van der Waals surface area contributed by atoms with Crippen molar-refractivity contribution in [3.05, 3.63) is 146 Å². The zero-order valence-electron chi connectivity index (χ0n) is 26.6. The van der Waals surface area contributed by atoms with Gasteiger partial charge in [0.1, 0.15) is 17.2 Å². The lowest BCUT2D eigenvalue weighted by molar-refractivity contribution is 0.0524. The minimum Gasteiger partial charge on any atom is -0.462 e. The smallest absolute Gasteiger partial charge is 0.343 e. The lowest BCUT2D eigenvalue weighted by Gasteiger charge is -2.25. The Morgan fingerprint density at radius 1 is 0.891 bits per heavy atom. The number of anilines is 1. The van der Waals surface area contributed by atoms with Crippen LogP contribution >= 0.6 is 0 Å². The molecule has 1 N–H and O–H groups in total. The van der Waals surface area contributed by atoms with Gasteiger partial charge < -0.3 is 14.6 Å². The molecule has 0 saturated carbocycles. The minimum atomic E-state index is -0.779. The van der Waals surface area contributed by atoms with Crippen LogP contribution in [0.5, 0.6) is 0 Å². The van der Waals surface area contributed by atoms with Crippen LogP contribution in [-0.4, -0.2) is 35.6 Å². The molecule has 1 heterocycles. The third-order valence-electron chi connectivity index (χ3n) is 8.26. The van der Waals surface area contributed by atoms with E-state index in [0.29, 0.717) is 24.0 Å². The number of pyridine rings is 1. The third kappa shape index (κ3) is 7.02. The molecule has 0 radical (unpaired) electrons. The van der Waals surface area contributed by atoms with Gasteiger partial charge in [0.05, 0.1) is 24.1 Å². The number of nitrogens with one attached hydrogen (secondary N) is 1. The number of nitrogens with zero attached hydrogens (tertiary/aromatic N) is 2. The highest BCUT2D eigenvalue weighted by molar-refractivity contribution is 5.95. The van der Waals surface area contributed by atoms with Crippen LogP contribution in [-0.2, 0) is 24.4 Å². The maximum atomic E-state index is 14.9. The van der Waals surface area contributed by atoms with Crippen molar-refractivity contribution >= 4 is 22.6 Å². The molecule has 8 heteroatoms. The molecule has 1 unspecified atom stereocenters. The molecule has 5 aromatic rings. The number of halogens is 2. The highest BCUT2D eigenvalue weighted by atomic mass is 19.1. The Hall–Kier alpha value is -4.82. The van der Waals surface area contributed by atoms with E-state index in [1.54, 1.807) is 11.5 Å². The quantitative estimate of drug-likeness (QED) is 0.144. The summed E-state index contributed by atoms with van der Waals surface area (Å²) >= 11 is 0. The molecule has 5 rings (SSSR count). The molecule has 1 aromatic heterocycles. The van der Waals surface area contributed by atoms with E-state index in [0.717, 1.165) is 34.5 Å². The summed E-state index contributed by atoms with van der Waals surface area (Å²) in [7, 11) is 1.98. The largest absolute Gasteiger partial charge is 0.462 e. The van der Waals surface area contributed by atoms with Crippen LogP contribution in [0.2, 0.25) is 0 Å². The van der Waals surface area contributed by atoms with Gasteiger partial charge in [-0.1, -0.05) is 61.5 Å². The standard InChI is InChI=1S/C38H39F2N3O3/c1-5-41-28-17-15-27(16-18-28)25(3)29-19-20-35-36(30(29)22-42(4)21-26-11-8-7-9-12-26)37(44)32(38(45)46-6-2)24-43(35)23-31-33(39)13-10-14-34(31)40/h7-20,24-25,41H,5-6,21-23H2,1-4H3. The van der Waals surface area contributed by atoms with E-state index >= 15 is 0 Å². The lowest BCUT2D eigenvalue weighted by atomic mass is 9.87. The molecule has 0 fully saturated rings. The summed E-state index contributed by atoms with van der Waals surface area (Å²) in [4.78, 5) is 29.5. The minimum absolute atomic E-state index is 0.0743. The fourth-order valence-corrected chi connectivity index (χ4v) is 5.97. The molecule has 0 saturated heterocycles. The Kier molecular flexibility index (Phi) is 10.3. The first-order valence-corrected chi connectivity index (χ1v) is 15.6. The second kappa shape index (κ2) is 14.5. The zero-order chi connectivity index (χ0) is 32.8. The number of fused-ring (bicyclic) bond motifs is 1. The van der Waals surface area contributed by atoms with E-state index in [-0.39, 0.29) is 30.2 Å². The molecule has 4 aromatic carbocycles. The lowest BCUT2D eigenvalue weighted by Crippen LogP contribution is -2.25. The predicted molar refractivity (Wildman–Crippen MR) is 179 cm³/mol. The molecule has 238 valence electrons. The highest BCUT2D eigenvalue weighted by Gasteiger charge is 2.24. The van der Waals surface area contributed by atoms with Gasteiger partial charge in [-0.15, -0.1) is 0 Å². The average molecular weight is 624 g/mol. The van der Waals surface area contributed by atoms with Crippen molar-refractivity contribution in [1.29, 1.82) is 0 Å². The number of rotatable bonds is 12. The van der Waals surface area contributed by atoms with Gasteiger partial charge >= 0.3 is 5.97 Å². The molecule has 46 heavy (non-hydrogen) atoms. The number of ether oxygens (including phenoxy) is 1. The fraction of sp³-hybridized carbons (Fsp3) is 0.263. The summed E-state index contributed by atoms with van der Waals surface area (Å²) in [6.07, 6.45) is 1.36. The summed E-state index contributed by atoms with van der Waals surface area (Å²) in [5, 5.41) is 3.65. The van der Waals surface area contributed by atoms with Crippen LogP contribution < -0.4 is 10.7 Å². The van der Waals surface area contributed by atoms with E-state index in [2.05, 4.69) is 29.3 Å². The Labute approximate surface area is 268 Å². The number of hydrogen-bond donors (Lipinski definition) is 1. The van der Waals surface area contributed by atoms with Crippen LogP contribution in [0.3, 0.4) is 0 Å². The third-order valence-corrected chi connectivity index (χ3v) is 8.26. The molecule has 0 amide bonds. The SMILES string of the molecule is CCNc1ccc(C(C)c2ccc3c(c2CN(C)Cc2ccccc2)c(=O)c(C(=O)OCC)cn3Cc2c(F)cccc2F)cc1. The average Bonchev–Trinajstić information content (AvgIpc) is 3.04. The van der Waals surface area contributed by atoms with E-state index in [1.807, 2.05) is 68.6 Å².